The standard InChI is InChI=1S/C19H27N5O/c1-15-12-16(23-9-7-20-8-10-23)5-6-18(15)19-14-24(22-21-19)13-17-4-2-3-11-25-17/h5-6,12,14,17,20H,2-4,7-11,13H2,1H3/t17-/m1/s1. The van der Waals surface area contributed by atoms with Gasteiger partial charge in [-0.3, -0.25) is 0 Å². The van der Waals surface area contributed by atoms with Crippen molar-refractivity contribution in [2.75, 3.05) is 37.7 Å². The van der Waals surface area contributed by atoms with E-state index in [4.69, 9.17) is 4.74 Å². The molecule has 1 atom stereocenters. The molecule has 0 unspecified atom stereocenters. The molecule has 0 bridgehead atoms. The maximum Gasteiger partial charge on any atom is 0.113 e. The van der Waals surface area contributed by atoms with Gasteiger partial charge in [-0.2, -0.15) is 0 Å². The van der Waals surface area contributed by atoms with Crippen LogP contribution in [0.1, 0.15) is 24.8 Å². The highest BCUT2D eigenvalue weighted by Gasteiger charge is 2.17. The summed E-state index contributed by atoms with van der Waals surface area (Å²) < 4.78 is 7.73. The highest BCUT2D eigenvalue weighted by molar-refractivity contribution is 5.67. The second-order valence-electron chi connectivity index (χ2n) is 7.05. The zero-order valence-electron chi connectivity index (χ0n) is 14.9. The molecule has 0 aliphatic carbocycles. The third-order valence-electron chi connectivity index (χ3n) is 5.17. The largest absolute Gasteiger partial charge is 0.376 e. The van der Waals surface area contributed by atoms with Crippen LogP contribution in [0, 0.1) is 6.92 Å². The van der Waals surface area contributed by atoms with Gasteiger partial charge in [-0.1, -0.05) is 11.3 Å². The lowest BCUT2D eigenvalue weighted by molar-refractivity contribution is 0.00370. The van der Waals surface area contributed by atoms with E-state index in [1.807, 2.05) is 10.9 Å². The molecule has 0 saturated carbocycles. The number of hydrogen-bond acceptors (Lipinski definition) is 5. The molecule has 2 fully saturated rings. The van der Waals surface area contributed by atoms with Crippen LogP contribution < -0.4 is 10.2 Å². The van der Waals surface area contributed by atoms with Crippen LogP contribution in [0.3, 0.4) is 0 Å². The lowest BCUT2D eigenvalue weighted by atomic mass is 10.0. The summed E-state index contributed by atoms with van der Waals surface area (Å²) in [6.45, 7) is 8.07. The van der Waals surface area contributed by atoms with E-state index in [2.05, 4.69) is 45.7 Å². The molecule has 2 aliphatic rings. The second-order valence-corrected chi connectivity index (χ2v) is 7.05. The van der Waals surface area contributed by atoms with Crippen molar-refractivity contribution in [1.29, 1.82) is 0 Å². The van der Waals surface area contributed by atoms with Gasteiger partial charge in [0.05, 0.1) is 18.8 Å². The van der Waals surface area contributed by atoms with Crippen LogP contribution in [0.4, 0.5) is 5.69 Å². The number of piperazine rings is 1. The Morgan fingerprint density at radius 2 is 2.12 bits per heavy atom. The van der Waals surface area contributed by atoms with Gasteiger partial charge in [0.2, 0.25) is 0 Å². The van der Waals surface area contributed by atoms with Gasteiger partial charge in [0.15, 0.2) is 0 Å². The number of hydrogen-bond donors (Lipinski definition) is 1. The second kappa shape index (κ2) is 7.54. The number of aryl methyl sites for hydroxylation is 1. The molecule has 6 heteroatoms. The summed E-state index contributed by atoms with van der Waals surface area (Å²) in [7, 11) is 0. The van der Waals surface area contributed by atoms with Crippen molar-refractivity contribution in [3.8, 4) is 11.3 Å². The minimum absolute atomic E-state index is 0.277. The molecular weight excluding hydrogens is 314 g/mol. The first-order valence-corrected chi connectivity index (χ1v) is 9.38. The van der Waals surface area contributed by atoms with Crippen LogP contribution in [-0.4, -0.2) is 53.9 Å². The Labute approximate surface area is 149 Å². The molecule has 1 aromatic heterocycles. The highest BCUT2D eigenvalue weighted by atomic mass is 16.5. The summed E-state index contributed by atoms with van der Waals surface area (Å²) in [4.78, 5) is 2.44. The Bertz CT molecular complexity index is 702. The molecule has 25 heavy (non-hydrogen) atoms. The van der Waals surface area contributed by atoms with Crippen LogP contribution in [0.5, 0.6) is 0 Å². The zero-order chi connectivity index (χ0) is 17.1. The van der Waals surface area contributed by atoms with Gasteiger partial charge in [-0.25, -0.2) is 4.68 Å². The van der Waals surface area contributed by atoms with E-state index in [9.17, 15) is 0 Å². The normalized spacial score (nSPS) is 21.5. The van der Waals surface area contributed by atoms with Gasteiger partial charge >= 0.3 is 0 Å². The van der Waals surface area contributed by atoms with Crippen molar-refractivity contribution in [3.63, 3.8) is 0 Å². The molecule has 2 saturated heterocycles. The molecular formula is C19H27N5O. The van der Waals surface area contributed by atoms with Gasteiger partial charge in [-0.05, 0) is 43.9 Å². The van der Waals surface area contributed by atoms with Crippen molar-refractivity contribution >= 4 is 5.69 Å². The molecule has 0 amide bonds. The predicted molar refractivity (Wildman–Crippen MR) is 98.9 cm³/mol. The Hall–Kier alpha value is -1.92. The summed E-state index contributed by atoms with van der Waals surface area (Å²) in [5.41, 5.74) is 4.65. The zero-order valence-corrected chi connectivity index (χ0v) is 14.9. The number of nitrogens with zero attached hydrogens (tertiary/aromatic N) is 4. The van der Waals surface area contributed by atoms with E-state index >= 15 is 0 Å². The average molecular weight is 341 g/mol. The Kier molecular flexibility index (Phi) is 4.99. The number of ether oxygens (including phenoxy) is 1. The summed E-state index contributed by atoms with van der Waals surface area (Å²) in [6.07, 6.45) is 5.87. The van der Waals surface area contributed by atoms with Gasteiger partial charge in [0.25, 0.3) is 0 Å². The molecule has 0 spiro atoms. The van der Waals surface area contributed by atoms with E-state index in [0.717, 1.165) is 57.0 Å². The van der Waals surface area contributed by atoms with Crippen molar-refractivity contribution in [2.45, 2.75) is 38.8 Å². The van der Waals surface area contributed by atoms with Crippen molar-refractivity contribution in [3.05, 3.63) is 30.0 Å². The fourth-order valence-corrected chi connectivity index (χ4v) is 3.73. The van der Waals surface area contributed by atoms with Crippen LogP contribution in [0.15, 0.2) is 24.4 Å². The van der Waals surface area contributed by atoms with E-state index in [1.54, 1.807) is 0 Å². The van der Waals surface area contributed by atoms with Crippen LogP contribution in [0.25, 0.3) is 11.3 Å². The average Bonchev–Trinajstić information content (AvgIpc) is 3.11. The summed E-state index contributed by atoms with van der Waals surface area (Å²) in [5, 5.41) is 12.1. The minimum Gasteiger partial charge on any atom is -0.376 e. The van der Waals surface area contributed by atoms with E-state index < -0.39 is 0 Å². The molecule has 6 nitrogen and oxygen atoms in total. The third kappa shape index (κ3) is 3.85. The fraction of sp³-hybridized carbons (Fsp3) is 0.579. The predicted octanol–water partition coefficient (Wildman–Crippen LogP) is 2.23. The quantitative estimate of drug-likeness (QED) is 0.924. The lowest BCUT2D eigenvalue weighted by Crippen LogP contribution is -2.43. The van der Waals surface area contributed by atoms with Crippen LogP contribution in [0.2, 0.25) is 0 Å². The monoisotopic (exact) mass is 341 g/mol. The van der Waals surface area contributed by atoms with Crippen molar-refractivity contribution in [2.24, 2.45) is 0 Å². The summed E-state index contributed by atoms with van der Waals surface area (Å²) in [6, 6.07) is 6.65. The Balaban J connectivity index is 1.47. The first kappa shape index (κ1) is 16.5. The smallest absolute Gasteiger partial charge is 0.113 e. The van der Waals surface area contributed by atoms with Crippen molar-refractivity contribution < 1.29 is 4.74 Å². The lowest BCUT2D eigenvalue weighted by Gasteiger charge is -2.29. The molecule has 1 N–H and O–H groups in total. The van der Waals surface area contributed by atoms with E-state index in [0.29, 0.717) is 0 Å². The first-order chi connectivity index (χ1) is 12.3. The Morgan fingerprint density at radius 3 is 2.88 bits per heavy atom. The van der Waals surface area contributed by atoms with Gasteiger partial charge in [-0.15, -0.1) is 5.10 Å². The van der Waals surface area contributed by atoms with Crippen molar-refractivity contribution in [1.82, 2.24) is 20.3 Å². The van der Waals surface area contributed by atoms with Gasteiger partial charge < -0.3 is 15.0 Å². The topological polar surface area (TPSA) is 55.2 Å². The highest BCUT2D eigenvalue weighted by Crippen LogP contribution is 2.26. The summed E-state index contributed by atoms with van der Waals surface area (Å²) >= 11 is 0. The number of aromatic nitrogens is 3. The molecule has 2 aromatic rings. The minimum atomic E-state index is 0.277. The van der Waals surface area contributed by atoms with Gasteiger partial charge in [0, 0.05) is 44.0 Å². The molecule has 0 radical (unpaired) electrons. The first-order valence-electron chi connectivity index (χ1n) is 9.38. The maximum absolute atomic E-state index is 5.80. The molecule has 134 valence electrons. The molecule has 3 heterocycles. The van der Waals surface area contributed by atoms with Crippen LogP contribution >= 0.6 is 0 Å². The number of nitrogens with one attached hydrogen (secondary N) is 1. The molecule has 4 rings (SSSR count). The number of rotatable bonds is 4. The number of benzene rings is 1. The van der Waals surface area contributed by atoms with Gasteiger partial charge in [0.1, 0.15) is 5.69 Å². The molecule has 2 aliphatic heterocycles. The SMILES string of the molecule is Cc1cc(N2CCNCC2)ccc1-c1cn(C[C@H]2CCCCO2)nn1. The summed E-state index contributed by atoms with van der Waals surface area (Å²) in [5.74, 6) is 0. The third-order valence-corrected chi connectivity index (χ3v) is 5.17. The van der Waals surface area contributed by atoms with Crippen LogP contribution in [-0.2, 0) is 11.3 Å². The molecule has 1 aromatic carbocycles. The number of anilines is 1. The van der Waals surface area contributed by atoms with E-state index in [-0.39, 0.29) is 6.10 Å². The Morgan fingerprint density at radius 1 is 1.24 bits per heavy atom. The fourth-order valence-electron chi connectivity index (χ4n) is 3.73. The maximum atomic E-state index is 5.80. The van der Waals surface area contributed by atoms with E-state index in [1.165, 1.54) is 24.1 Å².